The number of nitrogens with one attached hydrogen (secondary N) is 1. The van der Waals surface area contributed by atoms with Crippen LogP contribution in [0.3, 0.4) is 0 Å². The van der Waals surface area contributed by atoms with E-state index < -0.39 is 11.6 Å². The Bertz CT molecular complexity index is 930. The number of nitrogens with zero attached hydrogens (tertiary/aromatic N) is 3. The van der Waals surface area contributed by atoms with Crippen LogP contribution >= 0.6 is 0 Å². The number of likely N-dealkylation sites (N-methyl/N-ethyl adjacent to an activating group) is 1. The Kier molecular flexibility index (Phi) is 4.83. The van der Waals surface area contributed by atoms with Crippen molar-refractivity contribution in [3.05, 3.63) is 59.9 Å². The molecule has 1 atom stereocenters. The van der Waals surface area contributed by atoms with Crippen LogP contribution in [0.15, 0.2) is 47.0 Å². The molecule has 27 heavy (non-hydrogen) atoms. The number of piperazine rings is 1. The van der Waals surface area contributed by atoms with E-state index >= 15 is 0 Å². The number of rotatable bonds is 4. The van der Waals surface area contributed by atoms with Crippen molar-refractivity contribution in [3.8, 4) is 23.0 Å². The number of aromatic nitrogens is 2. The molecular formula is C19H18F2N4O2. The van der Waals surface area contributed by atoms with Gasteiger partial charge in [0.1, 0.15) is 11.5 Å². The van der Waals surface area contributed by atoms with Gasteiger partial charge in [0.15, 0.2) is 17.5 Å². The molecule has 0 aliphatic carbocycles. The molecule has 0 saturated carbocycles. The zero-order chi connectivity index (χ0) is 18.8. The van der Waals surface area contributed by atoms with E-state index in [1.54, 1.807) is 24.3 Å². The Morgan fingerprint density at radius 1 is 1.11 bits per heavy atom. The minimum atomic E-state index is -0.954. The van der Waals surface area contributed by atoms with Crippen molar-refractivity contribution in [1.82, 2.24) is 20.4 Å². The minimum absolute atomic E-state index is 0.0761. The highest BCUT2D eigenvalue weighted by atomic mass is 19.2. The fourth-order valence-corrected chi connectivity index (χ4v) is 2.92. The lowest BCUT2D eigenvalue weighted by molar-refractivity contribution is 0.190. The Hall–Kier alpha value is -2.84. The first-order valence-corrected chi connectivity index (χ1v) is 8.58. The van der Waals surface area contributed by atoms with Crippen LogP contribution in [0.2, 0.25) is 0 Å². The highest BCUT2D eigenvalue weighted by Gasteiger charge is 2.25. The van der Waals surface area contributed by atoms with E-state index in [1.807, 2.05) is 7.05 Å². The molecule has 2 heterocycles. The van der Waals surface area contributed by atoms with Crippen LogP contribution < -0.4 is 10.1 Å². The Balaban J connectivity index is 1.48. The van der Waals surface area contributed by atoms with Gasteiger partial charge in [0, 0.05) is 31.3 Å². The second-order valence-electron chi connectivity index (χ2n) is 6.36. The van der Waals surface area contributed by atoms with Gasteiger partial charge in [-0.25, -0.2) is 8.78 Å². The van der Waals surface area contributed by atoms with Crippen LogP contribution in [0.25, 0.3) is 11.5 Å². The highest BCUT2D eigenvalue weighted by molar-refractivity contribution is 5.54. The maximum absolute atomic E-state index is 13.3. The molecule has 0 spiro atoms. The molecule has 1 aliphatic heterocycles. The maximum Gasteiger partial charge on any atom is 0.257 e. The van der Waals surface area contributed by atoms with Gasteiger partial charge in [0.25, 0.3) is 5.89 Å². The molecule has 8 heteroatoms. The first-order valence-electron chi connectivity index (χ1n) is 8.58. The van der Waals surface area contributed by atoms with E-state index in [2.05, 4.69) is 20.4 Å². The van der Waals surface area contributed by atoms with Crippen molar-refractivity contribution in [2.45, 2.75) is 6.04 Å². The second-order valence-corrected chi connectivity index (χ2v) is 6.36. The smallest absolute Gasteiger partial charge is 0.257 e. The molecule has 2 aromatic carbocycles. The number of hydrogen-bond donors (Lipinski definition) is 1. The van der Waals surface area contributed by atoms with Crippen molar-refractivity contribution in [3.63, 3.8) is 0 Å². The number of halogens is 2. The molecule has 0 amide bonds. The molecule has 1 unspecified atom stereocenters. The van der Waals surface area contributed by atoms with E-state index in [0.29, 0.717) is 17.5 Å². The van der Waals surface area contributed by atoms with Crippen LogP contribution in [0.4, 0.5) is 8.78 Å². The molecule has 1 aromatic heterocycles. The summed E-state index contributed by atoms with van der Waals surface area (Å²) in [5.74, 6) is -0.103. The van der Waals surface area contributed by atoms with Crippen LogP contribution in [0, 0.1) is 11.6 Å². The van der Waals surface area contributed by atoms with Gasteiger partial charge in [-0.05, 0) is 43.4 Å². The summed E-state index contributed by atoms with van der Waals surface area (Å²) in [5.41, 5.74) is 0.748. The molecule has 6 nitrogen and oxygen atoms in total. The first-order chi connectivity index (χ1) is 13.1. The summed E-state index contributed by atoms with van der Waals surface area (Å²) in [6.07, 6.45) is 0. The summed E-state index contributed by atoms with van der Waals surface area (Å²) in [7, 11) is 2.03. The standard InChI is InChI=1S/C19H18F2N4O2/c1-25-9-8-22-11-17(25)18-23-19(27-24-18)12-2-4-13(5-3-12)26-14-6-7-15(20)16(21)10-14/h2-7,10,17,22H,8-9,11H2,1H3. The quantitative estimate of drug-likeness (QED) is 0.758. The molecule has 4 rings (SSSR count). The topological polar surface area (TPSA) is 63.4 Å². The lowest BCUT2D eigenvalue weighted by Gasteiger charge is -2.30. The molecule has 1 N–H and O–H groups in total. The van der Waals surface area contributed by atoms with E-state index in [0.717, 1.165) is 37.3 Å². The minimum Gasteiger partial charge on any atom is -0.457 e. The van der Waals surface area contributed by atoms with E-state index in [9.17, 15) is 8.78 Å². The lowest BCUT2D eigenvalue weighted by Crippen LogP contribution is -2.44. The molecule has 3 aromatic rings. The van der Waals surface area contributed by atoms with Crippen molar-refractivity contribution >= 4 is 0 Å². The summed E-state index contributed by atoms with van der Waals surface area (Å²) >= 11 is 0. The number of benzene rings is 2. The molecule has 1 saturated heterocycles. The van der Waals surface area contributed by atoms with Crippen molar-refractivity contribution < 1.29 is 18.0 Å². The lowest BCUT2D eigenvalue weighted by atomic mass is 10.2. The van der Waals surface area contributed by atoms with Gasteiger partial charge < -0.3 is 14.6 Å². The van der Waals surface area contributed by atoms with Gasteiger partial charge >= 0.3 is 0 Å². The molecule has 0 bridgehead atoms. The largest absolute Gasteiger partial charge is 0.457 e. The van der Waals surface area contributed by atoms with E-state index in [-0.39, 0.29) is 11.8 Å². The Morgan fingerprint density at radius 2 is 1.89 bits per heavy atom. The summed E-state index contributed by atoms with van der Waals surface area (Å²) < 4.78 is 37.2. The van der Waals surface area contributed by atoms with Crippen molar-refractivity contribution in [2.75, 3.05) is 26.7 Å². The van der Waals surface area contributed by atoms with E-state index in [4.69, 9.17) is 9.26 Å². The molecule has 0 radical (unpaired) electrons. The van der Waals surface area contributed by atoms with Crippen molar-refractivity contribution in [1.29, 1.82) is 0 Å². The maximum atomic E-state index is 13.3. The van der Waals surface area contributed by atoms with Gasteiger partial charge in [-0.1, -0.05) is 5.16 Å². The van der Waals surface area contributed by atoms with Crippen LogP contribution in [0.5, 0.6) is 11.5 Å². The summed E-state index contributed by atoms with van der Waals surface area (Å²) in [5, 5.41) is 7.42. The molecule has 140 valence electrons. The van der Waals surface area contributed by atoms with Crippen LogP contribution in [-0.2, 0) is 0 Å². The fraction of sp³-hybridized carbons (Fsp3) is 0.263. The van der Waals surface area contributed by atoms with Gasteiger partial charge in [0.05, 0.1) is 6.04 Å². The van der Waals surface area contributed by atoms with Crippen LogP contribution in [-0.4, -0.2) is 41.7 Å². The van der Waals surface area contributed by atoms with Crippen molar-refractivity contribution in [2.24, 2.45) is 0 Å². The summed E-state index contributed by atoms with van der Waals surface area (Å²) in [4.78, 5) is 6.68. The van der Waals surface area contributed by atoms with E-state index in [1.165, 1.54) is 6.07 Å². The summed E-state index contributed by atoms with van der Waals surface area (Å²) in [6.45, 7) is 2.64. The SMILES string of the molecule is CN1CCNCC1c1noc(-c2ccc(Oc3ccc(F)c(F)c3)cc2)n1. The fourth-order valence-electron chi connectivity index (χ4n) is 2.92. The average molecular weight is 372 g/mol. The van der Waals surface area contributed by atoms with Gasteiger partial charge in [-0.3, -0.25) is 4.90 Å². The van der Waals surface area contributed by atoms with Gasteiger partial charge in [-0.15, -0.1) is 0 Å². The highest BCUT2D eigenvalue weighted by Crippen LogP contribution is 2.27. The Labute approximate surface area is 154 Å². The first kappa shape index (κ1) is 17.6. The third kappa shape index (κ3) is 3.81. The zero-order valence-electron chi connectivity index (χ0n) is 14.7. The predicted molar refractivity (Wildman–Crippen MR) is 94.4 cm³/mol. The summed E-state index contributed by atoms with van der Waals surface area (Å²) in [6, 6.07) is 10.4. The van der Waals surface area contributed by atoms with Gasteiger partial charge in [0.2, 0.25) is 0 Å². The normalized spacial score (nSPS) is 17.8. The van der Waals surface area contributed by atoms with Gasteiger partial charge in [-0.2, -0.15) is 4.98 Å². The molecule has 1 fully saturated rings. The Morgan fingerprint density at radius 3 is 2.63 bits per heavy atom. The molecule has 1 aliphatic rings. The number of hydrogen-bond acceptors (Lipinski definition) is 6. The van der Waals surface area contributed by atoms with Crippen LogP contribution in [0.1, 0.15) is 11.9 Å². The third-order valence-electron chi connectivity index (χ3n) is 4.48. The second kappa shape index (κ2) is 7.42. The third-order valence-corrected chi connectivity index (χ3v) is 4.48. The average Bonchev–Trinajstić information content (AvgIpc) is 3.16. The number of ether oxygens (including phenoxy) is 1. The molecular weight excluding hydrogens is 354 g/mol. The monoisotopic (exact) mass is 372 g/mol. The zero-order valence-corrected chi connectivity index (χ0v) is 14.7. The predicted octanol–water partition coefficient (Wildman–Crippen LogP) is 3.38.